The molecule has 2 aromatic carbocycles. The summed E-state index contributed by atoms with van der Waals surface area (Å²) in [5.41, 5.74) is -2.79. The lowest BCUT2D eigenvalue weighted by atomic mass is 9.69. The average molecular weight is 503 g/mol. The molecule has 1 saturated heterocycles. The highest BCUT2D eigenvalue weighted by Crippen LogP contribution is 2.54. The SMILES string of the molecule is C[C@@]1([C@H]2CCC(=O)N2)CCC(OCc2cc(C(F)(F)F)cc(C(F)(F)F)c2)[C@H]1c1ccc(F)cc1. The van der Waals surface area contributed by atoms with E-state index in [2.05, 4.69) is 5.32 Å². The third kappa shape index (κ3) is 5.32. The van der Waals surface area contributed by atoms with Gasteiger partial charge in [-0.15, -0.1) is 0 Å². The fourth-order valence-electron chi connectivity index (χ4n) is 5.45. The Bertz CT molecular complexity index is 1050. The minimum atomic E-state index is -4.95. The number of ether oxygens (including phenoxy) is 1. The number of hydrogen-bond acceptors (Lipinski definition) is 2. The maximum absolute atomic E-state index is 13.6. The molecule has 4 rings (SSSR count). The third-order valence-electron chi connectivity index (χ3n) is 7.18. The van der Waals surface area contributed by atoms with Gasteiger partial charge >= 0.3 is 12.4 Å². The predicted molar refractivity (Wildman–Crippen MR) is 113 cm³/mol. The van der Waals surface area contributed by atoms with E-state index in [1.807, 2.05) is 6.92 Å². The van der Waals surface area contributed by atoms with Crippen molar-refractivity contribution < 1.29 is 40.3 Å². The Morgan fingerprint density at radius 1 is 0.971 bits per heavy atom. The smallest absolute Gasteiger partial charge is 0.373 e. The molecule has 10 heteroatoms. The summed E-state index contributed by atoms with van der Waals surface area (Å²) >= 11 is 0. The molecule has 2 aromatic rings. The van der Waals surface area contributed by atoms with Gasteiger partial charge in [0.2, 0.25) is 5.91 Å². The lowest BCUT2D eigenvalue weighted by molar-refractivity contribution is -0.143. The second-order valence-electron chi connectivity index (χ2n) is 9.50. The summed E-state index contributed by atoms with van der Waals surface area (Å²) in [7, 11) is 0. The van der Waals surface area contributed by atoms with Crippen LogP contribution in [0.5, 0.6) is 0 Å². The number of halogens is 7. The van der Waals surface area contributed by atoms with Crippen LogP contribution in [0.15, 0.2) is 42.5 Å². The van der Waals surface area contributed by atoms with Gasteiger partial charge in [0.25, 0.3) is 0 Å². The molecule has 1 N–H and O–H groups in total. The van der Waals surface area contributed by atoms with E-state index < -0.39 is 47.4 Å². The molecular formula is C25H24F7NO2. The molecule has 0 bridgehead atoms. The minimum Gasteiger partial charge on any atom is -0.373 e. The maximum Gasteiger partial charge on any atom is 0.416 e. The molecule has 1 aliphatic heterocycles. The van der Waals surface area contributed by atoms with E-state index in [-0.39, 0.29) is 29.5 Å². The van der Waals surface area contributed by atoms with Gasteiger partial charge < -0.3 is 10.1 Å². The molecular weight excluding hydrogens is 479 g/mol. The molecule has 2 fully saturated rings. The average Bonchev–Trinajstić information content (AvgIpc) is 3.36. The Balaban J connectivity index is 1.63. The van der Waals surface area contributed by atoms with E-state index in [9.17, 15) is 35.5 Å². The van der Waals surface area contributed by atoms with Crippen LogP contribution >= 0.6 is 0 Å². The highest BCUT2D eigenvalue weighted by molar-refractivity contribution is 5.78. The van der Waals surface area contributed by atoms with Crippen LogP contribution in [0.1, 0.15) is 60.8 Å². The Morgan fingerprint density at radius 2 is 1.57 bits per heavy atom. The minimum absolute atomic E-state index is 0.0814. The lowest BCUT2D eigenvalue weighted by Crippen LogP contribution is -2.44. The van der Waals surface area contributed by atoms with Gasteiger partial charge in [-0.05, 0) is 66.1 Å². The van der Waals surface area contributed by atoms with E-state index in [0.29, 0.717) is 37.8 Å². The molecule has 190 valence electrons. The normalized spacial score (nSPS) is 27.3. The first-order valence-electron chi connectivity index (χ1n) is 11.2. The van der Waals surface area contributed by atoms with E-state index >= 15 is 0 Å². The molecule has 1 unspecified atom stereocenters. The van der Waals surface area contributed by atoms with Gasteiger partial charge in [-0.3, -0.25) is 4.79 Å². The number of amides is 1. The molecule has 1 amide bonds. The van der Waals surface area contributed by atoms with Crippen LogP contribution in [-0.4, -0.2) is 18.1 Å². The Kier molecular flexibility index (Phi) is 6.63. The van der Waals surface area contributed by atoms with Crippen molar-refractivity contribution in [2.24, 2.45) is 5.41 Å². The van der Waals surface area contributed by atoms with E-state index in [1.54, 1.807) is 12.1 Å². The van der Waals surface area contributed by atoms with Crippen LogP contribution in [0.25, 0.3) is 0 Å². The van der Waals surface area contributed by atoms with Crippen molar-refractivity contribution in [3.05, 3.63) is 70.5 Å². The van der Waals surface area contributed by atoms with Crippen molar-refractivity contribution >= 4 is 5.91 Å². The number of hydrogen-bond donors (Lipinski definition) is 1. The summed E-state index contributed by atoms with van der Waals surface area (Å²) in [6, 6.07) is 7.01. The van der Waals surface area contributed by atoms with Crippen molar-refractivity contribution in [3.63, 3.8) is 0 Å². The van der Waals surface area contributed by atoms with Crippen LogP contribution in [0.3, 0.4) is 0 Å². The van der Waals surface area contributed by atoms with Gasteiger partial charge in [0.15, 0.2) is 0 Å². The van der Waals surface area contributed by atoms with Crippen LogP contribution in [0.2, 0.25) is 0 Å². The zero-order chi connectivity index (χ0) is 25.6. The topological polar surface area (TPSA) is 38.3 Å². The summed E-state index contributed by atoms with van der Waals surface area (Å²) in [6.07, 6.45) is -8.38. The van der Waals surface area contributed by atoms with Crippen molar-refractivity contribution in [2.75, 3.05) is 0 Å². The third-order valence-corrected chi connectivity index (χ3v) is 7.18. The quantitative estimate of drug-likeness (QED) is 0.467. The zero-order valence-corrected chi connectivity index (χ0v) is 18.8. The molecule has 4 atom stereocenters. The molecule has 3 nitrogen and oxygen atoms in total. The number of benzene rings is 2. The number of nitrogens with one attached hydrogen (secondary N) is 1. The largest absolute Gasteiger partial charge is 0.416 e. The van der Waals surface area contributed by atoms with Crippen molar-refractivity contribution in [1.82, 2.24) is 5.32 Å². The summed E-state index contributed by atoms with van der Waals surface area (Å²) in [5, 5.41) is 2.97. The standard InChI is InChI=1S/C25H24F7NO2/c1-23(20-6-7-21(34)33-20)9-8-19(22(23)15-2-4-18(26)5-3-15)35-13-14-10-16(24(27,28)29)12-17(11-14)25(30,31)32/h2-5,10-12,19-20,22H,6-9,13H2,1H3,(H,33,34)/t19?,20-,22-,23+/m1/s1. The fraction of sp³-hybridized carbons (Fsp3) is 0.480. The first-order valence-corrected chi connectivity index (χ1v) is 11.2. The number of carbonyl (C=O) groups is 1. The first kappa shape index (κ1) is 25.5. The zero-order valence-electron chi connectivity index (χ0n) is 18.8. The maximum atomic E-state index is 13.6. The van der Waals surface area contributed by atoms with Gasteiger partial charge in [0.1, 0.15) is 5.82 Å². The molecule has 1 saturated carbocycles. The first-order chi connectivity index (χ1) is 16.3. The van der Waals surface area contributed by atoms with E-state index in [4.69, 9.17) is 4.74 Å². The molecule has 0 aromatic heterocycles. The summed E-state index contributed by atoms with van der Waals surface area (Å²) in [4.78, 5) is 11.9. The van der Waals surface area contributed by atoms with Gasteiger partial charge in [-0.25, -0.2) is 4.39 Å². The molecule has 0 spiro atoms. The van der Waals surface area contributed by atoms with Crippen LogP contribution in [0.4, 0.5) is 30.7 Å². The molecule has 35 heavy (non-hydrogen) atoms. The summed E-state index contributed by atoms with van der Waals surface area (Å²) in [5.74, 6) is -0.870. The highest BCUT2D eigenvalue weighted by atomic mass is 19.4. The van der Waals surface area contributed by atoms with Crippen LogP contribution in [0, 0.1) is 11.2 Å². The predicted octanol–water partition coefficient (Wildman–Crippen LogP) is 6.61. The van der Waals surface area contributed by atoms with Crippen LogP contribution < -0.4 is 5.32 Å². The molecule has 1 aliphatic carbocycles. The summed E-state index contributed by atoms with van der Waals surface area (Å²) < 4.78 is 98.9. The Labute approximate surface area is 197 Å². The van der Waals surface area contributed by atoms with Crippen LogP contribution in [-0.2, 0) is 28.5 Å². The van der Waals surface area contributed by atoms with Gasteiger partial charge in [0.05, 0.1) is 23.8 Å². The monoisotopic (exact) mass is 503 g/mol. The second-order valence-corrected chi connectivity index (χ2v) is 9.50. The Morgan fingerprint density at radius 3 is 2.09 bits per heavy atom. The van der Waals surface area contributed by atoms with Crippen molar-refractivity contribution in [2.45, 2.75) is 69.6 Å². The fourth-order valence-corrected chi connectivity index (χ4v) is 5.45. The van der Waals surface area contributed by atoms with Gasteiger partial charge in [-0.2, -0.15) is 26.3 Å². The van der Waals surface area contributed by atoms with Crippen molar-refractivity contribution in [3.8, 4) is 0 Å². The molecule has 1 heterocycles. The Hall–Kier alpha value is -2.62. The van der Waals surface area contributed by atoms with Crippen molar-refractivity contribution in [1.29, 1.82) is 0 Å². The highest BCUT2D eigenvalue weighted by Gasteiger charge is 2.52. The number of rotatable bonds is 5. The number of alkyl halides is 6. The van der Waals surface area contributed by atoms with E-state index in [1.165, 1.54) is 12.1 Å². The number of carbonyl (C=O) groups excluding carboxylic acids is 1. The lowest BCUT2D eigenvalue weighted by Gasteiger charge is -2.39. The summed E-state index contributed by atoms with van der Waals surface area (Å²) in [6.45, 7) is 1.52. The second kappa shape index (κ2) is 9.11. The molecule has 2 aliphatic rings. The van der Waals surface area contributed by atoms with E-state index in [0.717, 1.165) is 5.56 Å². The van der Waals surface area contributed by atoms with Gasteiger partial charge in [-0.1, -0.05) is 19.1 Å². The molecule has 0 radical (unpaired) electrons. The van der Waals surface area contributed by atoms with Gasteiger partial charge in [0, 0.05) is 18.4 Å².